The van der Waals surface area contributed by atoms with Crippen LogP contribution in [-0.4, -0.2) is 23.8 Å². The molecule has 0 aliphatic heterocycles. The fourth-order valence-electron chi connectivity index (χ4n) is 2.64. The monoisotopic (exact) mass is 350 g/mol. The zero-order chi connectivity index (χ0) is 17.7. The van der Waals surface area contributed by atoms with Gasteiger partial charge in [-0.2, -0.15) is 0 Å². The molecule has 1 N–H and O–H groups in total. The summed E-state index contributed by atoms with van der Waals surface area (Å²) in [6.07, 6.45) is 3.12. The van der Waals surface area contributed by atoms with Gasteiger partial charge >= 0.3 is 6.09 Å². The molecule has 1 fully saturated rings. The fourth-order valence-corrected chi connectivity index (χ4v) is 2.86. The largest absolute Gasteiger partial charge is 0.490 e. The lowest BCUT2D eigenvalue weighted by molar-refractivity contribution is 0.0471. The van der Waals surface area contributed by atoms with E-state index in [1.54, 1.807) is 18.2 Å². The summed E-state index contributed by atoms with van der Waals surface area (Å²) in [7, 11) is 0. The minimum Gasteiger partial charge on any atom is -0.490 e. The Morgan fingerprint density at radius 1 is 1.29 bits per heavy atom. The zero-order valence-corrected chi connectivity index (χ0v) is 15.0. The maximum atomic E-state index is 11.8. The second-order valence-electron chi connectivity index (χ2n) is 6.96. The van der Waals surface area contributed by atoms with E-state index in [1.807, 2.05) is 20.8 Å². The van der Waals surface area contributed by atoms with Gasteiger partial charge in [0.1, 0.15) is 11.4 Å². The molecule has 6 heteroatoms. The van der Waals surface area contributed by atoms with E-state index < -0.39 is 5.60 Å². The molecule has 0 bridgehead atoms. The number of benzene rings is 1. The zero-order valence-electron chi connectivity index (χ0n) is 14.3. The van der Waals surface area contributed by atoms with Crippen molar-refractivity contribution in [3.8, 4) is 5.75 Å². The van der Waals surface area contributed by atoms with Crippen LogP contribution in [0.1, 0.15) is 46.5 Å². The summed E-state index contributed by atoms with van der Waals surface area (Å²) in [6.45, 7) is 12.5. The van der Waals surface area contributed by atoms with Gasteiger partial charge < -0.3 is 14.8 Å². The number of rotatable bonds is 3. The normalized spacial score (nSPS) is 20.8. The van der Waals surface area contributed by atoms with Gasteiger partial charge in [-0.3, -0.25) is 0 Å². The molecular formula is C18H23ClN2O3. The van der Waals surface area contributed by atoms with E-state index >= 15 is 0 Å². The number of nitrogens with zero attached hydrogens (tertiary/aromatic N) is 1. The van der Waals surface area contributed by atoms with E-state index in [-0.39, 0.29) is 18.2 Å². The summed E-state index contributed by atoms with van der Waals surface area (Å²) < 4.78 is 11.2. The van der Waals surface area contributed by atoms with Crippen LogP contribution in [0.15, 0.2) is 18.2 Å². The highest BCUT2D eigenvalue weighted by Gasteiger charge is 2.25. The Morgan fingerprint density at radius 2 is 1.96 bits per heavy atom. The predicted octanol–water partition coefficient (Wildman–Crippen LogP) is 5.11. The standard InChI is InChI=1S/C18H23ClN2O3/c1-18(2,3)24-17(22)21-12-5-7-13(8-6-12)23-14-9-10-16(20-4)15(19)11-14/h9-13H,5-8H2,1-3H3,(H,21,22). The van der Waals surface area contributed by atoms with Crippen molar-refractivity contribution in [1.82, 2.24) is 5.32 Å². The summed E-state index contributed by atoms with van der Waals surface area (Å²) in [6, 6.07) is 5.23. The van der Waals surface area contributed by atoms with Crippen molar-refractivity contribution in [2.24, 2.45) is 0 Å². The lowest BCUT2D eigenvalue weighted by Crippen LogP contribution is -2.42. The second-order valence-corrected chi connectivity index (χ2v) is 7.37. The Morgan fingerprint density at radius 3 is 2.50 bits per heavy atom. The van der Waals surface area contributed by atoms with Crippen LogP contribution >= 0.6 is 11.6 Å². The molecule has 1 aliphatic carbocycles. The number of carbonyl (C=O) groups is 1. The van der Waals surface area contributed by atoms with E-state index in [0.29, 0.717) is 16.5 Å². The molecular weight excluding hydrogens is 328 g/mol. The molecule has 0 atom stereocenters. The molecule has 0 heterocycles. The molecule has 1 aliphatic rings. The highest BCUT2D eigenvalue weighted by Crippen LogP contribution is 2.31. The molecule has 0 saturated heterocycles. The molecule has 5 nitrogen and oxygen atoms in total. The van der Waals surface area contributed by atoms with Crippen molar-refractivity contribution >= 4 is 23.4 Å². The number of hydrogen-bond acceptors (Lipinski definition) is 3. The summed E-state index contributed by atoms with van der Waals surface area (Å²) >= 11 is 6.03. The minimum atomic E-state index is -0.485. The Balaban J connectivity index is 1.80. The van der Waals surface area contributed by atoms with Crippen LogP contribution in [0.3, 0.4) is 0 Å². The van der Waals surface area contributed by atoms with Gasteiger partial charge in [-0.15, -0.1) is 0 Å². The first kappa shape index (κ1) is 18.4. The van der Waals surface area contributed by atoms with Gasteiger partial charge in [-0.25, -0.2) is 9.64 Å². The summed E-state index contributed by atoms with van der Waals surface area (Å²) in [4.78, 5) is 15.1. The van der Waals surface area contributed by atoms with Crippen molar-refractivity contribution in [2.75, 3.05) is 0 Å². The van der Waals surface area contributed by atoms with E-state index in [4.69, 9.17) is 27.6 Å². The Kier molecular flexibility index (Phi) is 5.95. The molecule has 0 aromatic heterocycles. The first-order valence-corrected chi connectivity index (χ1v) is 8.48. The Labute approximate surface area is 148 Å². The highest BCUT2D eigenvalue weighted by atomic mass is 35.5. The van der Waals surface area contributed by atoms with Crippen LogP contribution in [0, 0.1) is 6.57 Å². The molecule has 0 spiro atoms. The average molecular weight is 351 g/mol. The van der Waals surface area contributed by atoms with Crippen molar-refractivity contribution in [3.63, 3.8) is 0 Å². The maximum absolute atomic E-state index is 11.8. The number of alkyl carbamates (subject to hydrolysis) is 1. The van der Waals surface area contributed by atoms with Gasteiger partial charge in [0.05, 0.1) is 17.7 Å². The summed E-state index contributed by atoms with van der Waals surface area (Å²) in [5.74, 6) is 0.677. The van der Waals surface area contributed by atoms with E-state index in [1.165, 1.54) is 0 Å². The van der Waals surface area contributed by atoms with Crippen LogP contribution in [0.5, 0.6) is 5.75 Å². The van der Waals surface area contributed by atoms with Gasteiger partial charge in [0, 0.05) is 6.04 Å². The third kappa shape index (κ3) is 5.61. The van der Waals surface area contributed by atoms with E-state index in [2.05, 4.69) is 10.2 Å². The lowest BCUT2D eigenvalue weighted by atomic mass is 9.93. The quantitative estimate of drug-likeness (QED) is 0.771. The van der Waals surface area contributed by atoms with Gasteiger partial charge in [0.2, 0.25) is 5.69 Å². The lowest BCUT2D eigenvalue weighted by Gasteiger charge is -2.30. The molecule has 1 aromatic carbocycles. The van der Waals surface area contributed by atoms with Crippen LogP contribution in [0.2, 0.25) is 5.02 Å². The molecule has 1 aromatic rings. The van der Waals surface area contributed by atoms with Crippen molar-refractivity contribution in [1.29, 1.82) is 0 Å². The molecule has 0 unspecified atom stereocenters. The number of ether oxygens (including phenoxy) is 2. The van der Waals surface area contributed by atoms with Gasteiger partial charge in [0.25, 0.3) is 0 Å². The summed E-state index contributed by atoms with van der Waals surface area (Å²) in [5.41, 5.74) is -0.0597. The fraction of sp³-hybridized carbons (Fsp3) is 0.556. The van der Waals surface area contributed by atoms with E-state index in [9.17, 15) is 4.79 Å². The first-order chi connectivity index (χ1) is 11.3. The third-order valence-electron chi connectivity index (χ3n) is 3.74. The first-order valence-electron chi connectivity index (χ1n) is 8.10. The number of hydrogen-bond donors (Lipinski definition) is 1. The Bertz CT molecular complexity index is 626. The van der Waals surface area contributed by atoms with Gasteiger partial charge in [-0.05, 0) is 58.6 Å². The molecule has 0 radical (unpaired) electrons. The van der Waals surface area contributed by atoms with Crippen molar-refractivity contribution in [3.05, 3.63) is 34.6 Å². The maximum Gasteiger partial charge on any atom is 0.407 e. The average Bonchev–Trinajstić information content (AvgIpc) is 2.47. The minimum absolute atomic E-state index is 0.0940. The van der Waals surface area contributed by atoms with Crippen molar-refractivity contribution in [2.45, 2.75) is 64.2 Å². The third-order valence-corrected chi connectivity index (χ3v) is 4.04. The topological polar surface area (TPSA) is 51.9 Å². The van der Waals surface area contributed by atoms with Crippen LogP contribution < -0.4 is 10.1 Å². The van der Waals surface area contributed by atoms with E-state index in [0.717, 1.165) is 25.7 Å². The second kappa shape index (κ2) is 7.76. The highest BCUT2D eigenvalue weighted by molar-refractivity contribution is 6.33. The van der Waals surface area contributed by atoms with Crippen molar-refractivity contribution < 1.29 is 14.3 Å². The molecule has 24 heavy (non-hydrogen) atoms. The molecule has 130 valence electrons. The van der Waals surface area contributed by atoms with Gasteiger partial charge in [0.15, 0.2) is 0 Å². The SMILES string of the molecule is [C-]#[N+]c1ccc(OC2CCC(NC(=O)OC(C)(C)C)CC2)cc1Cl. The van der Waals surface area contributed by atoms with Gasteiger partial charge in [-0.1, -0.05) is 17.7 Å². The number of amides is 1. The molecule has 1 saturated carbocycles. The van der Waals surface area contributed by atoms with Crippen LogP contribution in [-0.2, 0) is 4.74 Å². The predicted molar refractivity (Wildman–Crippen MR) is 93.8 cm³/mol. The summed E-state index contributed by atoms with van der Waals surface area (Å²) in [5, 5.41) is 3.32. The number of halogens is 1. The molecule has 1 amide bonds. The molecule has 2 rings (SSSR count). The Hall–Kier alpha value is -1.93. The van der Waals surface area contributed by atoms with Crippen LogP contribution in [0.25, 0.3) is 4.85 Å². The smallest absolute Gasteiger partial charge is 0.407 e. The van der Waals surface area contributed by atoms with Crippen LogP contribution in [0.4, 0.5) is 10.5 Å². The number of carbonyl (C=O) groups excluding carboxylic acids is 1. The number of nitrogens with one attached hydrogen (secondary N) is 1.